The molecule has 11 heteroatoms. The van der Waals surface area contributed by atoms with Gasteiger partial charge < -0.3 is 19.5 Å². The van der Waals surface area contributed by atoms with Crippen LogP contribution in [0.25, 0.3) is 0 Å². The van der Waals surface area contributed by atoms with Crippen LogP contribution in [0.5, 0.6) is 17.2 Å². The lowest BCUT2D eigenvalue weighted by molar-refractivity contribution is -0.136. The van der Waals surface area contributed by atoms with Crippen LogP contribution in [0.4, 0.5) is 5.69 Å². The first-order chi connectivity index (χ1) is 17.8. The number of carbonyl (C=O) groups is 3. The summed E-state index contributed by atoms with van der Waals surface area (Å²) in [5.74, 6) is -1.41. The number of ether oxygens (including phenoxy) is 3. The number of hydrogen-bond acceptors (Lipinski definition) is 7. The van der Waals surface area contributed by atoms with E-state index in [2.05, 4.69) is 15.8 Å². The first-order valence-corrected chi connectivity index (χ1v) is 11.9. The van der Waals surface area contributed by atoms with E-state index in [9.17, 15) is 14.4 Å². The topological polar surface area (TPSA) is 115 Å². The van der Waals surface area contributed by atoms with Crippen molar-refractivity contribution in [3.05, 3.63) is 81.8 Å². The van der Waals surface area contributed by atoms with E-state index in [1.54, 1.807) is 55.5 Å². The molecule has 3 rings (SSSR count). The minimum Gasteiger partial charge on any atom is -0.494 e. The Hall–Kier alpha value is -4.08. The van der Waals surface area contributed by atoms with Crippen LogP contribution in [0.2, 0.25) is 10.0 Å². The van der Waals surface area contributed by atoms with Gasteiger partial charge in [0.05, 0.1) is 40.7 Å². The molecule has 0 fully saturated rings. The lowest BCUT2D eigenvalue weighted by atomic mass is 10.2. The van der Waals surface area contributed by atoms with Gasteiger partial charge in [-0.2, -0.15) is 5.10 Å². The van der Waals surface area contributed by atoms with Crippen molar-refractivity contribution >= 4 is 52.9 Å². The van der Waals surface area contributed by atoms with Crippen molar-refractivity contribution in [2.45, 2.75) is 13.8 Å². The summed E-state index contributed by atoms with van der Waals surface area (Å²) < 4.78 is 16.5. The summed E-state index contributed by atoms with van der Waals surface area (Å²) in [5, 5.41) is 6.49. The van der Waals surface area contributed by atoms with Crippen LogP contribution in [-0.2, 0) is 9.59 Å². The summed E-state index contributed by atoms with van der Waals surface area (Å²) in [4.78, 5) is 36.7. The number of benzene rings is 3. The van der Waals surface area contributed by atoms with Crippen molar-refractivity contribution in [1.29, 1.82) is 0 Å². The zero-order chi connectivity index (χ0) is 26.8. The second kappa shape index (κ2) is 13.3. The molecule has 0 unspecified atom stereocenters. The summed E-state index contributed by atoms with van der Waals surface area (Å²) in [6.45, 7) is 4.49. The number of carbonyl (C=O) groups excluding carboxylic acids is 3. The van der Waals surface area contributed by atoms with Gasteiger partial charge in [0, 0.05) is 0 Å². The second-order valence-electron chi connectivity index (χ2n) is 7.24. The number of nitrogens with zero attached hydrogens (tertiary/aromatic N) is 1. The smallest absolute Gasteiger partial charge is 0.343 e. The number of halogens is 2. The molecular formula is C26H23Cl2N3O6. The molecule has 0 saturated carbocycles. The van der Waals surface area contributed by atoms with Gasteiger partial charge >= 0.3 is 17.8 Å². The Morgan fingerprint density at radius 2 is 1.62 bits per heavy atom. The standard InChI is InChI=1S/C26H23Cl2N3O6/c1-3-35-18-11-9-17(10-12-18)26(34)37-21-13-8-16(14-22(21)36-4-2)15-29-31-25(33)24(32)30-20-7-5-6-19(27)23(20)28/h5-15H,3-4H2,1-2H3,(H,30,32)(H,31,33)/b29-15-. The third-order valence-corrected chi connectivity index (χ3v) is 5.48. The van der Waals surface area contributed by atoms with Crippen molar-refractivity contribution in [3.8, 4) is 17.2 Å². The van der Waals surface area contributed by atoms with Crippen LogP contribution in [0.15, 0.2) is 65.8 Å². The van der Waals surface area contributed by atoms with Crippen molar-refractivity contribution in [1.82, 2.24) is 5.43 Å². The highest BCUT2D eigenvalue weighted by atomic mass is 35.5. The van der Waals surface area contributed by atoms with Gasteiger partial charge in [0.15, 0.2) is 11.5 Å². The Morgan fingerprint density at radius 3 is 2.32 bits per heavy atom. The molecule has 0 atom stereocenters. The van der Waals surface area contributed by atoms with Gasteiger partial charge in [-0.3, -0.25) is 9.59 Å². The average molecular weight is 544 g/mol. The zero-order valence-electron chi connectivity index (χ0n) is 19.9. The maximum absolute atomic E-state index is 12.6. The molecule has 2 N–H and O–H groups in total. The third kappa shape index (κ3) is 7.70. The monoisotopic (exact) mass is 543 g/mol. The molecule has 0 heterocycles. The highest BCUT2D eigenvalue weighted by Crippen LogP contribution is 2.30. The van der Waals surface area contributed by atoms with Gasteiger partial charge in [0.2, 0.25) is 0 Å². The fraction of sp³-hybridized carbons (Fsp3) is 0.154. The molecule has 0 aliphatic rings. The van der Waals surface area contributed by atoms with Gasteiger partial charge in [-0.1, -0.05) is 29.3 Å². The van der Waals surface area contributed by atoms with E-state index in [4.69, 9.17) is 37.4 Å². The Morgan fingerprint density at radius 1 is 0.892 bits per heavy atom. The Kier molecular flexibility index (Phi) is 9.88. The third-order valence-electron chi connectivity index (χ3n) is 4.66. The molecule has 192 valence electrons. The van der Waals surface area contributed by atoms with Crippen molar-refractivity contribution < 1.29 is 28.6 Å². The highest BCUT2D eigenvalue weighted by molar-refractivity contribution is 6.45. The van der Waals surface area contributed by atoms with Crippen LogP contribution in [0, 0.1) is 0 Å². The van der Waals surface area contributed by atoms with Crippen LogP contribution in [0.3, 0.4) is 0 Å². The maximum Gasteiger partial charge on any atom is 0.343 e. The van der Waals surface area contributed by atoms with Crippen LogP contribution >= 0.6 is 23.2 Å². The number of esters is 1. The van der Waals surface area contributed by atoms with E-state index in [1.165, 1.54) is 18.3 Å². The molecule has 0 radical (unpaired) electrons. The number of anilines is 1. The van der Waals surface area contributed by atoms with Gasteiger partial charge in [-0.25, -0.2) is 10.2 Å². The van der Waals surface area contributed by atoms with Crippen LogP contribution in [0.1, 0.15) is 29.8 Å². The van der Waals surface area contributed by atoms with Crippen molar-refractivity contribution in [3.63, 3.8) is 0 Å². The summed E-state index contributed by atoms with van der Waals surface area (Å²) in [6, 6.07) is 15.9. The summed E-state index contributed by atoms with van der Waals surface area (Å²) in [6.07, 6.45) is 1.30. The van der Waals surface area contributed by atoms with Gasteiger partial charge in [-0.05, 0) is 74.0 Å². The fourth-order valence-corrected chi connectivity index (χ4v) is 3.31. The van der Waals surface area contributed by atoms with E-state index in [0.717, 1.165) is 0 Å². The second-order valence-corrected chi connectivity index (χ2v) is 8.03. The SMILES string of the molecule is CCOc1ccc(C(=O)Oc2ccc(/C=N\NC(=O)C(=O)Nc3cccc(Cl)c3Cl)cc2OCC)cc1. The summed E-state index contributed by atoms with van der Waals surface area (Å²) in [7, 11) is 0. The van der Waals surface area contributed by atoms with Crippen molar-refractivity contribution in [2.24, 2.45) is 5.10 Å². The molecule has 0 spiro atoms. The van der Waals surface area contributed by atoms with Crippen LogP contribution in [-0.4, -0.2) is 37.2 Å². The van der Waals surface area contributed by atoms with Gasteiger partial charge in [0.25, 0.3) is 0 Å². The number of hydrazone groups is 1. The lowest BCUT2D eigenvalue weighted by Crippen LogP contribution is -2.32. The molecule has 9 nitrogen and oxygen atoms in total. The summed E-state index contributed by atoms with van der Waals surface area (Å²) >= 11 is 11.9. The van der Waals surface area contributed by atoms with E-state index in [-0.39, 0.29) is 21.5 Å². The Labute approximate surface area is 223 Å². The predicted molar refractivity (Wildman–Crippen MR) is 141 cm³/mol. The largest absolute Gasteiger partial charge is 0.494 e. The van der Waals surface area contributed by atoms with E-state index < -0.39 is 17.8 Å². The molecule has 3 aromatic rings. The van der Waals surface area contributed by atoms with Crippen molar-refractivity contribution in [2.75, 3.05) is 18.5 Å². The number of nitrogens with one attached hydrogen (secondary N) is 2. The maximum atomic E-state index is 12.6. The first-order valence-electron chi connectivity index (χ1n) is 11.1. The quantitative estimate of drug-likeness (QED) is 0.127. The average Bonchev–Trinajstić information content (AvgIpc) is 2.89. The minimum absolute atomic E-state index is 0.112. The molecule has 0 aliphatic carbocycles. The number of hydrogen-bond donors (Lipinski definition) is 2. The molecule has 0 aliphatic heterocycles. The van der Waals surface area contributed by atoms with E-state index in [0.29, 0.717) is 35.8 Å². The zero-order valence-corrected chi connectivity index (χ0v) is 21.4. The predicted octanol–water partition coefficient (Wildman–Crippen LogP) is 5.10. The lowest BCUT2D eigenvalue weighted by Gasteiger charge is -2.11. The summed E-state index contributed by atoms with van der Waals surface area (Å²) in [5.41, 5.74) is 3.18. The van der Waals surface area contributed by atoms with Gasteiger partial charge in [-0.15, -0.1) is 0 Å². The molecular weight excluding hydrogens is 521 g/mol. The molecule has 0 saturated heterocycles. The van der Waals surface area contributed by atoms with Crippen LogP contribution < -0.4 is 25.0 Å². The molecule has 3 aromatic carbocycles. The highest BCUT2D eigenvalue weighted by Gasteiger charge is 2.16. The number of amides is 2. The van der Waals surface area contributed by atoms with E-state index >= 15 is 0 Å². The molecule has 0 bridgehead atoms. The van der Waals surface area contributed by atoms with E-state index in [1.807, 2.05) is 6.92 Å². The number of rotatable bonds is 9. The minimum atomic E-state index is -1.02. The fourth-order valence-electron chi connectivity index (χ4n) is 2.97. The van der Waals surface area contributed by atoms with Gasteiger partial charge in [0.1, 0.15) is 5.75 Å². The Bertz CT molecular complexity index is 1310. The normalized spacial score (nSPS) is 10.6. The molecule has 37 heavy (non-hydrogen) atoms. The molecule has 0 aromatic heterocycles. The first kappa shape index (κ1) is 27.5. The Balaban J connectivity index is 1.63. The molecule has 2 amide bonds.